The number of hydrogen-bond acceptors (Lipinski definition) is 3. The Morgan fingerprint density at radius 1 is 1.04 bits per heavy atom. The zero-order valence-corrected chi connectivity index (χ0v) is 16.5. The molecule has 27 heavy (non-hydrogen) atoms. The monoisotopic (exact) mass is 367 g/mol. The average Bonchev–Trinajstić information content (AvgIpc) is 2.70. The number of nitrogens with zero attached hydrogens (tertiary/aromatic N) is 2. The van der Waals surface area contributed by atoms with E-state index < -0.39 is 0 Å². The molecule has 1 N–H and O–H groups in total. The van der Waals surface area contributed by atoms with Crippen molar-refractivity contribution in [2.75, 3.05) is 43.0 Å². The molecule has 1 saturated heterocycles. The van der Waals surface area contributed by atoms with Gasteiger partial charge in [-0.15, -0.1) is 0 Å². The van der Waals surface area contributed by atoms with E-state index >= 15 is 0 Å². The summed E-state index contributed by atoms with van der Waals surface area (Å²) in [5.74, 6) is 0.908. The zero-order valence-electron chi connectivity index (χ0n) is 16.5. The number of para-hydroxylation sites is 3. The average molecular weight is 367 g/mol. The van der Waals surface area contributed by atoms with Crippen LogP contribution in [-0.2, 0) is 6.42 Å². The van der Waals surface area contributed by atoms with Crippen molar-refractivity contribution in [2.45, 2.75) is 27.2 Å². The van der Waals surface area contributed by atoms with Crippen LogP contribution in [0.5, 0.6) is 5.75 Å². The number of nitrogens with one attached hydrogen (secondary N) is 1. The number of rotatable bonds is 5. The van der Waals surface area contributed by atoms with Crippen molar-refractivity contribution in [1.82, 2.24) is 4.90 Å². The van der Waals surface area contributed by atoms with Gasteiger partial charge in [-0.25, -0.2) is 4.79 Å². The Morgan fingerprint density at radius 3 is 2.48 bits per heavy atom. The summed E-state index contributed by atoms with van der Waals surface area (Å²) in [7, 11) is 0. The summed E-state index contributed by atoms with van der Waals surface area (Å²) in [6, 6.07) is 14.2. The highest BCUT2D eigenvalue weighted by atomic mass is 16.5. The second kappa shape index (κ2) is 8.80. The van der Waals surface area contributed by atoms with E-state index in [1.807, 2.05) is 49.1 Å². The predicted molar refractivity (Wildman–Crippen MR) is 111 cm³/mol. The molecular weight excluding hydrogens is 338 g/mol. The predicted octanol–water partition coefficient (Wildman–Crippen LogP) is 4.31. The molecule has 1 fully saturated rings. The third kappa shape index (κ3) is 4.35. The van der Waals surface area contributed by atoms with Gasteiger partial charge in [0, 0.05) is 31.9 Å². The first-order chi connectivity index (χ1) is 13.1. The lowest BCUT2D eigenvalue weighted by molar-refractivity contribution is 0.208. The molecule has 2 aromatic carbocycles. The molecule has 0 radical (unpaired) electrons. The highest BCUT2D eigenvalue weighted by Crippen LogP contribution is 2.29. The third-order valence-corrected chi connectivity index (χ3v) is 5.04. The van der Waals surface area contributed by atoms with Gasteiger partial charge >= 0.3 is 6.03 Å². The van der Waals surface area contributed by atoms with Crippen LogP contribution in [0, 0.1) is 6.92 Å². The summed E-state index contributed by atoms with van der Waals surface area (Å²) in [4.78, 5) is 17.0. The fourth-order valence-corrected chi connectivity index (χ4v) is 3.53. The molecule has 3 rings (SSSR count). The first-order valence-corrected chi connectivity index (χ1v) is 9.75. The van der Waals surface area contributed by atoms with Gasteiger partial charge in [0.15, 0.2) is 0 Å². The van der Waals surface area contributed by atoms with E-state index in [-0.39, 0.29) is 6.03 Å². The van der Waals surface area contributed by atoms with Gasteiger partial charge < -0.3 is 19.9 Å². The van der Waals surface area contributed by atoms with Crippen LogP contribution in [0.15, 0.2) is 42.5 Å². The summed E-state index contributed by atoms with van der Waals surface area (Å²) in [6.45, 7) is 9.78. The molecular formula is C22H29N3O2. The topological polar surface area (TPSA) is 44.8 Å². The molecule has 0 aromatic heterocycles. The minimum absolute atomic E-state index is 0.0169. The standard InChI is InChI=1S/C22H29N3O2/c1-4-18-10-8-9-17(3)21(18)23-22(26)25-15-13-24(14-16-25)19-11-6-7-12-20(19)27-5-2/h6-12H,4-5,13-16H2,1-3H3,(H,23,26). The van der Waals surface area contributed by atoms with E-state index in [1.165, 1.54) is 5.56 Å². The molecule has 0 spiro atoms. The van der Waals surface area contributed by atoms with E-state index in [2.05, 4.69) is 29.3 Å². The molecule has 0 unspecified atom stereocenters. The fourth-order valence-electron chi connectivity index (χ4n) is 3.53. The van der Waals surface area contributed by atoms with Crippen LogP contribution in [0.1, 0.15) is 25.0 Å². The highest BCUT2D eigenvalue weighted by Gasteiger charge is 2.23. The molecule has 0 atom stereocenters. The summed E-state index contributed by atoms with van der Waals surface area (Å²) >= 11 is 0. The number of piperazine rings is 1. The summed E-state index contributed by atoms with van der Waals surface area (Å²) in [5, 5.41) is 3.13. The molecule has 144 valence electrons. The van der Waals surface area contributed by atoms with E-state index in [9.17, 15) is 4.79 Å². The Morgan fingerprint density at radius 2 is 1.78 bits per heavy atom. The number of anilines is 2. The van der Waals surface area contributed by atoms with Gasteiger partial charge in [-0.05, 0) is 43.5 Å². The minimum Gasteiger partial charge on any atom is -0.492 e. The van der Waals surface area contributed by atoms with Crippen LogP contribution in [0.4, 0.5) is 16.2 Å². The lowest BCUT2D eigenvalue weighted by Gasteiger charge is -2.36. The Kier molecular flexibility index (Phi) is 6.22. The van der Waals surface area contributed by atoms with E-state index in [4.69, 9.17) is 4.74 Å². The molecule has 0 bridgehead atoms. The van der Waals surface area contributed by atoms with E-state index in [0.29, 0.717) is 19.7 Å². The van der Waals surface area contributed by atoms with Gasteiger partial charge in [-0.3, -0.25) is 0 Å². The molecule has 5 nitrogen and oxygen atoms in total. The Labute approximate surface area is 161 Å². The molecule has 2 amide bonds. The maximum absolute atomic E-state index is 12.8. The largest absolute Gasteiger partial charge is 0.492 e. The second-order valence-electron chi connectivity index (χ2n) is 6.77. The van der Waals surface area contributed by atoms with Crippen LogP contribution >= 0.6 is 0 Å². The fraction of sp³-hybridized carbons (Fsp3) is 0.409. The molecule has 2 aromatic rings. The molecule has 0 saturated carbocycles. The van der Waals surface area contributed by atoms with Crippen molar-refractivity contribution >= 4 is 17.4 Å². The van der Waals surface area contributed by atoms with Crippen molar-refractivity contribution in [1.29, 1.82) is 0 Å². The van der Waals surface area contributed by atoms with Crippen molar-refractivity contribution in [2.24, 2.45) is 0 Å². The quantitative estimate of drug-likeness (QED) is 0.856. The van der Waals surface area contributed by atoms with Gasteiger partial charge in [0.05, 0.1) is 12.3 Å². The third-order valence-electron chi connectivity index (χ3n) is 5.04. The number of carbonyl (C=O) groups is 1. The second-order valence-corrected chi connectivity index (χ2v) is 6.77. The molecule has 1 aliphatic heterocycles. The maximum Gasteiger partial charge on any atom is 0.321 e. The SMILES string of the molecule is CCOc1ccccc1N1CCN(C(=O)Nc2c(C)cccc2CC)CC1. The first-order valence-electron chi connectivity index (χ1n) is 9.75. The number of carbonyl (C=O) groups excluding carboxylic acids is 1. The molecule has 1 aliphatic rings. The lowest BCUT2D eigenvalue weighted by atomic mass is 10.1. The van der Waals surface area contributed by atoms with Crippen molar-refractivity contribution in [3.8, 4) is 5.75 Å². The normalized spacial score (nSPS) is 14.2. The van der Waals surface area contributed by atoms with Crippen LogP contribution < -0.4 is 15.0 Å². The van der Waals surface area contributed by atoms with Crippen LogP contribution in [0.2, 0.25) is 0 Å². The number of ether oxygens (including phenoxy) is 1. The smallest absolute Gasteiger partial charge is 0.321 e. The van der Waals surface area contributed by atoms with Gasteiger partial charge in [0.2, 0.25) is 0 Å². The molecule has 5 heteroatoms. The van der Waals surface area contributed by atoms with Crippen molar-refractivity contribution in [3.63, 3.8) is 0 Å². The number of aryl methyl sites for hydroxylation is 2. The number of urea groups is 1. The van der Waals surface area contributed by atoms with Crippen LogP contribution in [0.3, 0.4) is 0 Å². The summed E-state index contributed by atoms with van der Waals surface area (Å²) < 4.78 is 5.75. The Hall–Kier alpha value is -2.69. The molecule has 1 heterocycles. The number of hydrogen-bond donors (Lipinski definition) is 1. The molecule has 0 aliphatic carbocycles. The minimum atomic E-state index is -0.0169. The number of benzene rings is 2. The van der Waals surface area contributed by atoms with Crippen LogP contribution in [-0.4, -0.2) is 43.7 Å². The summed E-state index contributed by atoms with van der Waals surface area (Å²) in [6.07, 6.45) is 0.902. The Balaban J connectivity index is 1.64. The Bertz CT molecular complexity index is 783. The zero-order chi connectivity index (χ0) is 19.2. The van der Waals surface area contributed by atoms with Crippen LogP contribution in [0.25, 0.3) is 0 Å². The van der Waals surface area contributed by atoms with Gasteiger partial charge in [-0.1, -0.05) is 37.3 Å². The number of amides is 2. The van der Waals surface area contributed by atoms with E-state index in [0.717, 1.165) is 42.2 Å². The van der Waals surface area contributed by atoms with Crippen molar-refractivity contribution < 1.29 is 9.53 Å². The highest BCUT2D eigenvalue weighted by molar-refractivity contribution is 5.91. The maximum atomic E-state index is 12.8. The summed E-state index contributed by atoms with van der Waals surface area (Å²) in [5.41, 5.74) is 4.33. The van der Waals surface area contributed by atoms with Crippen molar-refractivity contribution in [3.05, 3.63) is 53.6 Å². The van der Waals surface area contributed by atoms with Gasteiger partial charge in [0.1, 0.15) is 5.75 Å². The lowest BCUT2D eigenvalue weighted by Crippen LogP contribution is -2.50. The van der Waals surface area contributed by atoms with Gasteiger partial charge in [0.25, 0.3) is 0 Å². The first kappa shape index (κ1) is 19.1. The van der Waals surface area contributed by atoms with Gasteiger partial charge in [-0.2, -0.15) is 0 Å². The van der Waals surface area contributed by atoms with E-state index in [1.54, 1.807) is 0 Å².